The van der Waals surface area contributed by atoms with Gasteiger partial charge < -0.3 is 5.21 Å². The third kappa shape index (κ3) is 1.35. The van der Waals surface area contributed by atoms with Gasteiger partial charge in [-0.3, -0.25) is 0 Å². The molecular formula is C5H8BNO. The van der Waals surface area contributed by atoms with Crippen LogP contribution in [0.4, 0.5) is 0 Å². The first-order chi connectivity index (χ1) is 3.79. The fraction of sp³-hybridized carbons (Fsp3) is 0.600. The minimum absolute atomic E-state index is 0.575. The van der Waals surface area contributed by atoms with Gasteiger partial charge in [0, 0.05) is 13.1 Å². The zero-order chi connectivity index (χ0) is 5.98. The van der Waals surface area contributed by atoms with Crippen molar-refractivity contribution < 1.29 is 5.21 Å². The van der Waals surface area contributed by atoms with E-state index in [9.17, 15) is 0 Å². The Balaban J connectivity index is 2.42. The van der Waals surface area contributed by atoms with Crippen molar-refractivity contribution >= 4 is 7.85 Å². The summed E-state index contributed by atoms with van der Waals surface area (Å²) in [6.07, 6.45) is 2.61. The highest BCUT2D eigenvalue weighted by Gasteiger charge is 2.03. The highest BCUT2D eigenvalue weighted by molar-refractivity contribution is 6.21. The molecule has 2 nitrogen and oxygen atoms in total. The van der Waals surface area contributed by atoms with Crippen LogP contribution in [0.3, 0.4) is 0 Å². The van der Waals surface area contributed by atoms with Crippen LogP contribution in [0.15, 0.2) is 11.5 Å². The fourth-order valence-corrected chi connectivity index (χ4v) is 0.674. The lowest BCUT2D eigenvalue weighted by Crippen LogP contribution is -2.24. The minimum atomic E-state index is 0.575. The van der Waals surface area contributed by atoms with Crippen LogP contribution in [0.25, 0.3) is 0 Å². The molecule has 1 N–H and O–H groups in total. The Kier molecular flexibility index (Phi) is 1.71. The first-order valence-electron chi connectivity index (χ1n) is 2.67. The van der Waals surface area contributed by atoms with E-state index in [1.807, 2.05) is 6.08 Å². The number of hydrogen-bond acceptors (Lipinski definition) is 2. The molecule has 0 saturated heterocycles. The van der Waals surface area contributed by atoms with E-state index in [-0.39, 0.29) is 0 Å². The molecule has 0 aromatic heterocycles. The molecule has 8 heavy (non-hydrogen) atoms. The van der Waals surface area contributed by atoms with Gasteiger partial charge in [0.05, 0.1) is 0 Å². The lowest BCUT2D eigenvalue weighted by Gasteiger charge is -2.17. The van der Waals surface area contributed by atoms with Crippen molar-refractivity contribution in [2.45, 2.75) is 6.42 Å². The highest BCUT2D eigenvalue weighted by Crippen LogP contribution is 2.03. The Labute approximate surface area is 50.2 Å². The summed E-state index contributed by atoms with van der Waals surface area (Å²) < 4.78 is 0. The summed E-state index contributed by atoms with van der Waals surface area (Å²) in [5, 5.41) is 10.0. The van der Waals surface area contributed by atoms with Crippen molar-refractivity contribution in [3.05, 3.63) is 11.5 Å². The zero-order valence-electron chi connectivity index (χ0n) is 4.67. The van der Waals surface area contributed by atoms with E-state index in [0.717, 1.165) is 11.9 Å². The maximum Gasteiger partial charge on any atom is 0.107 e. The van der Waals surface area contributed by atoms with Crippen LogP contribution >= 0.6 is 0 Å². The maximum atomic E-state index is 8.76. The van der Waals surface area contributed by atoms with E-state index in [1.54, 1.807) is 0 Å². The van der Waals surface area contributed by atoms with E-state index < -0.39 is 0 Å². The first kappa shape index (κ1) is 5.85. The molecule has 2 radical (unpaired) electrons. The van der Waals surface area contributed by atoms with Gasteiger partial charge in [0.2, 0.25) is 0 Å². The lowest BCUT2D eigenvalue weighted by molar-refractivity contribution is -0.0821. The van der Waals surface area contributed by atoms with E-state index in [1.165, 1.54) is 5.06 Å². The Morgan fingerprint density at radius 3 is 2.88 bits per heavy atom. The Bertz CT molecular complexity index is 113. The van der Waals surface area contributed by atoms with Gasteiger partial charge in [-0.2, -0.15) is 5.06 Å². The van der Waals surface area contributed by atoms with Crippen molar-refractivity contribution in [3.63, 3.8) is 0 Å². The SMILES string of the molecule is [B]C1=CCN(O)CC1. The molecule has 1 rings (SSSR count). The summed E-state index contributed by atoms with van der Waals surface area (Å²) in [7, 11) is 5.42. The molecule has 0 unspecified atom stereocenters. The van der Waals surface area contributed by atoms with Crippen LogP contribution in [-0.4, -0.2) is 31.2 Å². The third-order valence-electron chi connectivity index (χ3n) is 1.22. The second-order valence-corrected chi connectivity index (χ2v) is 1.94. The van der Waals surface area contributed by atoms with Crippen molar-refractivity contribution in [3.8, 4) is 0 Å². The molecule has 0 atom stereocenters. The van der Waals surface area contributed by atoms with Crippen LogP contribution in [-0.2, 0) is 0 Å². The molecule has 0 spiro atoms. The van der Waals surface area contributed by atoms with Crippen molar-refractivity contribution in [2.24, 2.45) is 0 Å². The van der Waals surface area contributed by atoms with Gasteiger partial charge in [-0.1, -0.05) is 6.08 Å². The van der Waals surface area contributed by atoms with Gasteiger partial charge >= 0.3 is 0 Å². The van der Waals surface area contributed by atoms with Gasteiger partial charge in [-0.25, -0.2) is 0 Å². The van der Waals surface area contributed by atoms with Crippen molar-refractivity contribution in [1.82, 2.24) is 5.06 Å². The van der Waals surface area contributed by atoms with Gasteiger partial charge in [-0.05, 0) is 6.42 Å². The summed E-state index contributed by atoms with van der Waals surface area (Å²) in [4.78, 5) is 0. The lowest BCUT2D eigenvalue weighted by atomic mass is 9.90. The molecule has 1 heterocycles. The normalized spacial score (nSPS) is 22.9. The number of hydrogen-bond donors (Lipinski definition) is 1. The van der Waals surface area contributed by atoms with Gasteiger partial charge in [0.15, 0.2) is 0 Å². The van der Waals surface area contributed by atoms with Crippen molar-refractivity contribution in [2.75, 3.05) is 13.1 Å². The summed E-state index contributed by atoms with van der Waals surface area (Å²) in [5.74, 6) is 0. The molecule has 0 aromatic rings. The van der Waals surface area contributed by atoms with Crippen LogP contribution in [0.2, 0.25) is 0 Å². The van der Waals surface area contributed by atoms with Crippen LogP contribution in [0.5, 0.6) is 0 Å². The smallest absolute Gasteiger partial charge is 0.107 e. The van der Waals surface area contributed by atoms with E-state index in [2.05, 4.69) is 0 Å². The fourth-order valence-electron chi connectivity index (χ4n) is 0.674. The quantitative estimate of drug-likeness (QED) is 0.447. The standard InChI is InChI=1S/C5H8BNO/c6-5-1-3-7(8)4-2-5/h1,8H,2-4H2. The first-order valence-corrected chi connectivity index (χ1v) is 2.67. The van der Waals surface area contributed by atoms with Crippen LogP contribution in [0, 0.1) is 0 Å². The largest absolute Gasteiger partial charge is 0.314 e. The Morgan fingerprint density at radius 2 is 2.50 bits per heavy atom. The minimum Gasteiger partial charge on any atom is -0.314 e. The average Bonchev–Trinajstić information content (AvgIpc) is 1.77. The van der Waals surface area contributed by atoms with Gasteiger partial charge in [0.25, 0.3) is 0 Å². The molecule has 0 amide bonds. The third-order valence-corrected chi connectivity index (χ3v) is 1.22. The second kappa shape index (κ2) is 2.33. The summed E-state index contributed by atoms with van der Waals surface area (Å²) in [5.41, 5.74) is 0.885. The molecule has 1 aliphatic rings. The highest BCUT2D eigenvalue weighted by atomic mass is 16.5. The molecule has 0 bridgehead atoms. The van der Waals surface area contributed by atoms with Gasteiger partial charge in [0.1, 0.15) is 7.85 Å². The second-order valence-electron chi connectivity index (χ2n) is 1.94. The van der Waals surface area contributed by atoms with Crippen LogP contribution in [0.1, 0.15) is 6.42 Å². The summed E-state index contributed by atoms with van der Waals surface area (Å²) >= 11 is 0. The molecule has 0 fully saturated rings. The van der Waals surface area contributed by atoms with E-state index >= 15 is 0 Å². The van der Waals surface area contributed by atoms with E-state index in [0.29, 0.717) is 13.1 Å². The zero-order valence-corrected chi connectivity index (χ0v) is 4.67. The van der Waals surface area contributed by atoms with Crippen LogP contribution < -0.4 is 0 Å². The maximum absolute atomic E-state index is 8.76. The molecule has 1 aliphatic heterocycles. The molecule has 0 aromatic carbocycles. The average molecular weight is 109 g/mol. The van der Waals surface area contributed by atoms with Gasteiger partial charge in [-0.15, -0.1) is 5.47 Å². The molecule has 42 valence electrons. The molecule has 0 aliphatic carbocycles. The number of hydroxylamine groups is 2. The monoisotopic (exact) mass is 109 g/mol. The Hall–Kier alpha value is -0.275. The number of nitrogens with zero attached hydrogens (tertiary/aromatic N) is 1. The predicted molar refractivity (Wildman–Crippen MR) is 31.8 cm³/mol. The number of rotatable bonds is 0. The summed E-state index contributed by atoms with van der Waals surface area (Å²) in [6, 6.07) is 0. The summed E-state index contributed by atoms with van der Waals surface area (Å²) in [6.45, 7) is 1.24. The predicted octanol–water partition coefficient (Wildman–Crippen LogP) is 0.134. The molecular weight excluding hydrogens is 101 g/mol. The molecule has 0 saturated carbocycles. The van der Waals surface area contributed by atoms with Crippen molar-refractivity contribution in [1.29, 1.82) is 0 Å². The van der Waals surface area contributed by atoms with E-state index in [4.69, 9.17) is 13.1 Å². The topological polar surface area (TPSA) is 23.5 Å². The Morgan fingerprint density at radius 1 is 1.75 bits per heavy atom. The molecule has 3 heteroatoms.